The molecule has 0 radical (unpaired) electrons. The van der Waals surface area contributed by atoms with E-state index >= 15 is 0 Å². The van der Waals surface area contributed by atoms with Gasteiger partial charge in [0.25, 0.3) is 0 Å². The molecule has 0 fully saturated rings. The van der Waals surface area contributed by atoms with Gasteiger partial charge >= 0.3 is 0 Å². The number of allylic oxidation sites excluding steroid dienone is 6. The highest BCUT2D eigenvalue weighted by molar-refractivity contribution is 5.65. The molecule has 0 aromatic heterocycles. The summed E-state index contributed by atoms with van der Waals surface area (Å²) in [5, 5.41) is 0. The molecule has 0 saturated heterocycles. The lowest BCUT2D eigenvalue weighted by Crippen LogP contribution is -1.72. The molecule has 78 valence electrons. The molecule has 0 aromatic rings. The van der Waals surface area contributed by atoms with Crippen molar-refractivity contribution in [2.75, 3.05) is 0 Å². The second-order valence-corrected chi connectivity index (χ2v) is 3.18. The summed E-state index contributed by atoms with van der Waals surface area (Å²) in [7, 11) is 0. The molecule has 0 amide bonds. The molecule has 1 heteroatoms. The maximum absolute atomic E-state index is 9.90. The minimum absolute atomic E-state index is 0.777. The molecule has 0 aromatic carbocycles. The molecule has 0 N–H and O–H groups in total. The van der Waals surface area contributed by atoms with Gasteiger partial charge in [0, 0.05) is 0 Å². The summed E-state index contributed by atoms with van der Waals surface area (Å²) in [6.45, 7) is 2.22. The van der Waals surface area contributed by atoms with E-state index < -0.39 is 0 Å². The van der Waals surface area contributed by atoms with Gasteiger partial charge in [-0.15, -0.1) is 0 Å². The predicted octanol–water partition coefficient (Wildman–Crippen LogP) is 3.82. The van der Waals surface area contributed by atoms with Crippen molar-refractivity contribution in [3.8, 4) is 0 Å². The largest absolute Gasteiger partial charge is 0.299 e. The summed E-state index contributed by atoms with van der Waals surface area (Å²) in [5.74, 6) is 0. The Bertz CT molecular complexity index is 199. The minimum atomic E-state index is 0.777. The molecule has 14 heavy (non-hydrogen) atoms. The average molecular weight is 192 g/mol. The van der Waals surface area contributed by atoms with E-state index in [2.05, 4.69) is 13.0 Å². The highest BCUT2D eigenvalue weighted by Gasteiger charge is 1.82. The van der Waals surface area contributed by atoms with Gasteiger partial charge in [0.2, 0.25) is 0 Å². The lowest BCUT2D eigenvalue weighted by molar-refractivity contribution is -0.104. The zero-order chi connectivity index (χ0) is 10.5. The Hall–Kier alpha value is -1.11. The van der Waals surface area contributed by atoms with E-state index in [4.69, 9.17) is 0 Å². The highest BCUT2D eigenvalue weighted by Crippen LogP contribution is 2.02. The van der Waals surface area contributed by atoms with Gasteiger partial charge in [-0.2, -0.15) is 0 Å². The second kappa shape index (κ2) is 11.9. The molecule has 0 saturated carbocycles. The normalized spacial score (nSPS) is 12.1. The third kappa shape index (κ3) is 10.9. The van der Waals surface area contributed by atoms with Crippen molar-refractivity contribution in [2.45, 2.75) is 39.0 Å². The fourth-order valence-corrected chi connectivity index (χ4v) is 1.10. The molecule has 0 spiro atoms. The van der Waals surface area contributed by atoms with Gasteiger partial charge in [-0.05, 0) is 18.9 Å². The standard InChI is InChI=1S/C13H20O/c1-2-3-4-5-6-7-8-9-10-11-12-13-14/h7-13H,2-6H2,1H3/b8-7-,10-9+,12-11?. The van der Waals surface area contributed by atoms with Gasteiger partial charge < -0.3 is 0 Å². The molecule has 0 aliphatic carbocycles. The van der Waals surface area contributed by atoms with E-state index in [-0.39, 0.29) is 0 Å². The van der Waals surface area contributed by atoms with Crippen LogP contribution in [0.25, 0.3) is 0 Å². The second-order valence-electron chi connectivity index (χ2n) is 3.18. The van der Waals surface area contributed by atoms with E-state index in [0.29, 0.717) is 0 Å². The van der Waals surface area contributed by atoms with Gasteiger partial charge in [-0.25, -0.2) is 0 Å². The average Bonchev–Trinajstić information content (AvgIpc) is 2.21. The number of rotatable bonds is 8. The maximum atomic E-state index is 9.90. The van der Waals surface area contributed by atoms with Crippen molar-refractivity contribution in [1.82, 2.24) is 0 Å². The van der Waals surface area contributed by atoms with Crippen LogP contribution in [-0.2, 0) is 4.79 Å². The number of hydrogen-bond acceptors (Lipinski definition) is 1. The maximum Gasteiger partial charge on any atom is 0.142 e. The van der Waals surface area contributed by atoms with Gasteiger partial charge in [-0.3, -0.25) is 4.79 Å². The molecular weight excluding hydrogens is 172 g/mol. The smallest absolute Gasteiger partial charge is 0.142 e. The zero-order valence-electron chi connectivity index (χ0n) is 8.99. The summed E-state index contributed by atoms with van der Waals surface area (Å²) in [6, 6.07) is 0. The summed E-state index contributed by atoms with van der Waals surface area (Å²) in [6.07, 6.45) is 18.4. The third-order valence-electron chi connectivity index (χ3n) is 1.88. The van der Waals surface area contributed by atoms with Crippen LogP contribution in [-0.4, -0.2) is 6.29 Å². The van der Waals surface area contributed by atoms with Crippen LogP contribution < -0.4 is 0 Å². The summed E-state index contributed by atoms with van der Waals surface area (Å²) >= 11 is 0. The Morgan fingerprint density at radius 3 is 2.29 bits per heavy atom. The van der Waals surface area contributed by atoms with Crippen molar-refractivity contribution in [1.29, 1.82) is 0 Å². The molecule has 1 nitrogen and oxygen atoms in total. The first-order valence-electron chi connectivity index (χ1n) is 5.35. The molecule has 0 unspecified atom stereocenters. The fraction of sp³-hybridized carbons (Fsp3) is 0.462. The van der Waals surface area contributed by atoms with Crippen molar-refractivity contribution >= 4 is 6.29 Å². The predicted molar refractivity (Wildman–Crippen MR) is 62.2 cm³/mol. The Morgan fingerprint density at radius 2 is 1.57 bits per heavy atom. The minimum Gasteiger partial charge on any atom is -0.299 e. The molecule has 0 atom stereocenters. The molecule has 0 aliphatic heterocycles. The Balaban J connectivity index is 3.30. The van der Waals surface area contributed by atoms with E-state index in [1.54, 1.807) is 6.08 Å². The lowest BCUT2D eigenvalue weighted by atomic mass is 10.1. The van der Waals surface area contributed by atoms with Crippen LogP contribution in [0.3, 0.4) is 0 Å². The van der Waals surface area contributed by atoms with Crippen LogP contribution in [0.4, 0.5) is 0 Å². The van der Waals surface area contributed by atoms with E-state index in [0.717, 1.165) is 12.7 Å². The van der Waals surface area contributed by atoms with Crippen molar-refractivity contribution in [2.24, 2.45) is 0 Å². The van der Waals surface area contributed by atoms with E-state index in [1.807, 2.05) is 18.2 Å². The van der Waals surface area contributed by atoms with Crippen molar-refractivity contribution in [3.05, 3.63) is 36.5 Å². The Labute approximate surface area is 87.2 Å². The van der Waals surface area contributed by atoms with Crippen LogP contribution in [0.15, 0.2) is 36.5 Å². The zero-order valence-corrected chi connectivity index (χ0v) is 8.99. The summed E-state index contributed by atoms with van der Waals surface area (Å²) in [5.41, 5.74) is 0. The number of carbonyl (C=O) groups is 1. The first-order valence-corrected chi connectivity index (χ1v) is 5.35. The van der Waals surface area contributed by atoms with Gasteiger partial charge in [-0.1, -0.05) is 56.6 Å². The molecule has 0 bridgehead atoms. The van der Waals surface area contributed by atoms with Crippen molar-refractivity contribution < 1.29 is 4.79 Å². The Kier molecular flexibility index (Phi) is 10.9. The fourth-order valence-electron chi connectivity index (χ4n) is 1.10. The third-order valence-corrected chi connectivity index (χ3v) is 1.88. The van der Waals surface area contributed by atoms with E-state index in [1.165, 1.54) is 31.8 Å². The van der Waals surface area contributed by atoms with Crippen LogP contribution in [0.1, 0.15) is 39.0 Å². The van der Waals surface area contributed by atoms with Gasteiger partial charge in [0.05, 0.1) is 0 Å². The lowest BCUT2D eigenvalue weighted by Gasteiger charge is -1.92. The molecule has 0 aliphatic rings. The van der Waals surface area contributed by atoms with E-state index in [9.17, 15) is 4.79 Å². The summed E-state index contributed by atoms with van der Waals surface area (Å²) in [4.78, 5) is 9.90. The quantitative estimate of drug-likeness (QED) is 0.247. The number of aldehydes is 1. The molecular formula is C13H20O. The summed E-state index contributed by atoms with van der Waals surface area (Å²) < 4.78 is 0. The Morgan fingerprint density at radius 1 is 0.857 bits per heavy atom. The van der Waals surface area contributed by atoms with Gasteiger partial charge in [0.15, 0.2) is 0 Å². The SMILES string of the molecule is CCCCCC/C=C\C=C\C=CC=O. The molecule has 0 rings (SSSR count). The molecule has 0 heterocycles. The van der Waals surface area contributed by atoms with Crippen LogP contribution >= 0.6 is 0 Å². The monoisotopic (exact) mass is 192 g/mol. The number of hydrogen-bond donors (Lipinski definition) is 0. The van der Waals surface area contributed by atoms with Crippen LogP contribution in [0, 0.1) is 0 Å². The number of carbonyl (C=O) groups excluding carboxylic acids is 1. The topological polar surface area (TPSA) is 17.1 Å². The van der Waals surface area contributed by atoms with Crippen LogP contribution in [0.5, 0.6) is 0 Å². The first kappa shape index (κ1) is 12.9. The van der Waals surface area contributed by atoms with Crippen molar-refractivity contribution in [3.63, 3.8) is 0 Å². The highest BCUT2D eigenvalue weighted by atomic mass is 16.1. The van der Waals surface area contributed by atoms with Gasteiger partial charge in [0.1, 0.15) is 6.29 Å². The van der Waals surface area contributed by atoms with Crippen LogP contribution in [0.2, 0.25) is 0 Å². The first-order chi connectivity index (χ1) is 6.91. The number of unbranched alkanes of at least 4 members (excludes halogenated alkanes) is 4.